The zero-order valence-corrected chi connectivity index (χ0v) is 16.3. The predicted molar refractivity (Wildman–Crippen MR) is 105 cm³/mol. The van der Waals surface area contributed by atoms with Crippen LogP contribution in [-0.4, -0.2) is 25.9 Å². The van der Waals surface area contributed by atoms with Crippen LogP contribution in [0, 0.1) is 3.95 Å². The Bertz CT molecular complexity index is 942. The van der Waals surface area contributed by atoms with Gasteiger partial charge in [-0.25, -0.2) is 9.67 Å². The highest BCUT2D eigenvalue weighted by Gasteiger charge is 2.18. The molecule has 1 aromatic carbocycles. The molecule has 0 unspecified atom stereocenters. The third kappa shape index (κ3) is 4.46. The van der Waals surface area contributed by atoms with Gasteiger partial charge in [-0.3, -0.25) is 4.79 Å². The van der Waals surface area contributed by atoms with Crippen molar-refractivity contribution in [3.8, 4) is 5.69 Å². The van der Waals surface area contributed by atoms with Gasteiger partial charge in [-0.1, -0.05) is 52.9 Å². The van der Waals surface area contributed by atoms with Crippen molar-refractivity contribution in [3.05, 3.63) is 57.8 Å². The van der Waals surface area contributed by atoms with E-state index in [9.17, 15) is 4.79 Å². The number of benzene rings is 1. The number of nitrogens with zero attached hydrogens (tertiary/aromatic N) is 3. The maximum atomic E-state index is 12.4. The summed E-state index contributed by atoms with van der Waals surface area (Å²) in [6.45, 7) is 1.81. The smallest absolute Gasteiger partial charge is 0.237 e. The van der Waals surface area contributed by atoms with E-state index in [0.717, 1.165) is 10.0 Å². The van der Waals surface area contributed by atoms with Gasteiger partial charge in [0.25, 0.3) is 0 Å². The average Bonchev–Trinajstić information content (AvgIpc) is 2.98. The highest BCUT2D eigenvalue weighted by atomic mass is 35.5. The third-order valence-corrected chi connectivity index (χ3v) is 5.91. The van der Waals surface area contributed by atoms with E-state index in [4.69, 9.17) is 23.8 Å². The molecule has 3 rings (SSSR count). The highest BCUT2D eigenvalue weighted by Crippen LogP contribution is 2.28. The predicted octanol–water partition coefficient (Wildman–Crippen LogP) is 4.83. The summed E-state index contributed by atoms with van der Waals surface area (Å²) in [7, 11) is 0. The number of carbonyl (C=O) groups excluding carboxylic acids is 1. The lowest BCUT2D eigenvalue weighted by Gasteiger charge is -2.10. The standard InChI is InChI=1S/C16H13ClN4OS3/c1-10(14(22)19-12-8-5-9-18-13(12)17)24-15-20-21(16(23)25-15)11-6-3-2-4-7-11/h2-10H,1H3,(H,19,22)/t10-/m0/s1. The molecule has 0 saturated carbocycles. The largest absolute Gasteiger partial charge is 0.322 e. The molecule has 2 aromatic heterocycles. The van der Waals surface area contributed by atoms with E-state index < -0.39 is 0 Å². The molecule has 1 atom stereocenters. The topological polar surface area (TPSA) is 59.8 Å². The third-order valence-electron chi connectivity index (χ3n) is 3.19. The molecule has 25 heavy (non-hydrogen) atoms. The number of anilines is 1. The van der Waals surface area contributed by atoms with Crippen LogP contribution in [0.5, 0.6) is 0 Å². The number of para-hydroxylation sites is 1. The normalized spacial score (nSPS) is 11.9. The van der Waals surface area contributed by atoms with E-state index in [0.29, 0.717) is 9.64 Å². The number of pyridine rings is 1. The summed E-state index contributed by atoms with van der Waals surface area (Å²) in [6.07, 6.45) is 1.57. The number of carbonyl (C=O) groups is 1. The second-order valence-corrected chi connectivity index (χ2v) is 8.54. The van der Waals surface area contributed by atoms with Crippen molar-refractivity contribution in [1.29, 1.82) is 0 Å². The molecule has 0 aliphatic rings. The second kappa shape index (κ2) is 8.09. The van der Waals surface area contributed by atoms with Crippen LogP contribution in [0.1, 0.15) is 6.92 Å². The molecule has 2 heterocycles. The van der Waals surface area contributed by atoms with Gasteiger partial charge in [0.05, 0.1) is 16.6 Å². The van der Waals surface area contributed by atoms with E-state index in [-0.39, 0.29) is 16.3 Å². The van der Waals surface area contributed by atoms with Gasteiger partial charge in [0.15, 0.2) is 13.4 Å². The average molecular weight is 409 g/mol. The Morgan fingerprint density at radius 3 is 2.80 bits per heavy atom. The van der Waals surface area contributed by atoms with Gasteiger partial charge in [0.1, 0.15) is 0 Å². The van der Waals surface area contributed by atoms with Crippen LogP contribution >= 0.6 is 46.9 Å². The van der Waals surface area contributed by atoms with Crippen LogP contribution in [0.4, 0.5) is 5.69 Å². The van der Waals surface area contributed by atoms with Crippen LogP contribution in [0.25, 0.3) is 5.69 Å². The first-order valence-electron chi connectivity index (χ1n) is 7.28. The van der Waals surface area contributed by atoms with Crippen molar-refractivity contribution in [3.63, 3.8) is 0 Å². The molecule has 1 N–H and O–H groups in total. The number of thioether (sulfide) groups is 1. The van der Waals surface area contributed by atoms with Crippen molar-refractivity contribution in [2.24, 2.45) is 0 Å². The van der Waals surface area contributed by atoms with E-state index in [2.05, 4.69) is 15.4 Å². The fourth-order valence-corrected chi connectivity index (χ4v) is 4.63. The lowest BCUT2D eigenvalue weighted by molar-refractivity contribution is -0.115. The number of amides is 1. The molecular formula is C16H13ClN4OS3. The summed E-state index contributed by atoms with van der Waals surface area (Å²) in [5.74, 6) is -0.174. The van der Waals surface area contributed by atoms with E-state index in [1.807, 2.05) is 37.3 Å². The van der Waals surface area contributed by atoms with Gasteiger partial charge in [-0.05, 0) is 43.4 Å². The summed E-state index contributed by atoms with van der Waals surface area (Å²) in [6, 6.07) is 13.1. The van der Waals surface area contributed by atoms with Crippen molar-refractivity contribution in [1.82, 2.24) is 14.8 Å². The lowest BCUT2D eigenvalue weighted by atomic mass is 10.3. The molecule has 0 saturated heterocycles. The summed E-state index contributed by atoms with van der Waals surface area (Å²) < 4.78 is 3.07. The van der Waals surface area contributed by atoms with Crippen LogP contribution in [0.2, 0.25) is 5.15 Å². The van der Waals surface area contributed by atoms with Crippen molar-refractivity contribution < 1.29 is 4.79 Å². The minimum Gasteiger partial charge on any atom is -0.322 e. The fourth-order valence-electron chi connectivity index (χ4n) is 1.96. The maximum absolute atomic E-state index is 12.4. The molecule has 0 radical (unpaired) electrons. The van der Waals surface area contributed by atoms with Gasteiger partial charge < -0.3 is 5.32 Å². The zero-order valence-electron chi connectivity index (χ0n) is 13.0. The number of halogens is 1. The van der Waals surface area contributed by atoms with E-state index >= 15 is 0 Å². The fraction of sp³-hybridized carbons (Fsp3) is 0.125. The molecule has 5 nitrogen and oxygen atoms in total. The Labute approximate surface area is 163 Å². The molecule has 9 heteroatoms. The molecule has 0 spiro atoms. The minimum atomic E-state index is -0.360. The lowest BCUT2D eigenvalue weighted by Crippen LogP contribution is -2.22. The Morgan fingerprint density at radius 1 is 1.32 bits per heavy atom. The molecule has 3 aromatic rings. The summed E-state index contributed by atoms with van der Waals surface area (Å²) >= 11 is 14.1. The minimum absolute atomic E-state index is 0.174. The van der Waals surface area contributed by atoms with Crippen LogP contribution in [-0.2, 0) is 4.79 Å². The molecule has 0 bridgehead atoms. The first-order chi connectivity index (χ1) is 12.0. The summed E-state index contributed by atoms with van der Waals surface area (Å²) in [5, 5.41) is 7.18. The number of rotatable bonds is 5. The molecule has 0 fully saturated rings. The molecular weight excluding hydrogens is 396 g/mol. The Morgan fingerprint density at radius 2 is 2.08 bits per heavy atom. The number of hydrogen-bond acceptors (Lipinski definition) is 6. The van der Waals surface area contributed by atoms with Gasteiger partial charge in [-0.2, -0.15) is 0 Å². The van der Waals surface area contributed by atoms with Crippen molar-refractivity contribution in [2.45, 2.75) is 16.5 Å². The number of aromatic nitrogens is 3. The molecule has 128 valence electrons. The number of hydrogen-bond donors (Lipinski definition) is 1. The zero-order chi connectivity index (χ0) is 17.8. The van der Waals surface area contributed by atoms with Crippen LogP contribution < -0.4 is 5.32 Å². The second-order valence-electron chi connectivity index (χ2n) is 4.97. The summed E-state index contributed by atoms with van der Waals surface area (Å²) in [5.41, 5.74) is 1.39. The quantitative estimate of drug-likeness (QED) is 0.372. The Hall–Kier alpha value is -1.74. The Balaban J connectivity index is 1.71. The molecule has 1 amide bonds. The van der Waals surface area contributed by atoms with Crippen LogP contribution in [0.3, 0.4) is 0 Å². The Kier molecular flexibility index (Phi) is 5.85. The van der Waals surface area contributed by atoms with E-state index in [1.165, 1.54) is 23.1 Å². The van der Waals surface area contributed by atoms with Crippen LogP contribution in [0.15, 0.2) is 53.0 Å². The monoisotopic (exact) mass is 408 g/mol. The first kappa shape index (κ1) is 18.1. The SMILES string of the molecule is C[C@H](Sc1nn(-c2ccccc2)c(=S)s1)C(=O)Nc1cccnc1Cl. The number of nitrogens with one attached hydrogen (secondary N) is 1. The maximum Gasteiger partial charge on any atom is 0.237 e. The van der Waals surface area contributed by atoms with E-state index in [1.54, 1.807) is 23.0 Å². The van der Waals surface area contributed by atoms with Gasteiger partial charge in [0.2, 0.25) is 5.91 Å². The molecule has 0 aliphatic carbocycles. The van der Waals surface area contributed by atoms with Gasteiger partial charge in [-0.15, -0.1) is 5.10 Å². The summed E-state index contributed by atoms with van der Waals surface area (Å²) in [4.78, 5) is 16.3. The van der Waals surface area contributed by atoms with Gasteiger partial charge in [0, 0.05) is 6.20 Å². The van der Waals surface area contributed by atoms with Crippen molar-refractivity contribution >= 4 is 58.5 Å². The van der Waals surface area contributed by atoms with Gasteiger partial charge >= 0.3 is 0 Å². The molecule has 0 aliphatic heterocycles. The first-order valence-corrected chi connectivity index (χ1v) is 9.76. The highest BCUT2D eigenvalue weighted by molar-refractivity contribution is 8.02. The van der Waals surface area contributed by atoms with Crippen molar-refractivity contribution in [2.75, 3.05) is 5.32 Å².